The summed E-state index contributed by atoms with van der Waals surface area (Å²) in [7, 11) is 1.36. The molecule has 1 aliphatic rings. The van der Waals surface area contributed by atoms with Crippen molar-refractivity contribution in [1.82, 2.24) is 4.90 Å². The standard InChI is InChI=1S/C13H15BrN2O3/c1-19-13(18)9-4-5-16(7-9)12(17)8-2-3-10(14)11(15)6-8/h2-3,6,9H,4-5,7,15H2,1H3. The van der Waals surface area contributed by atoms with Crippen LogP contribution in [0.15, 0.2) is 22.7 Å². The summed E-state index contributed by atoms with van der Waals surface area (Å²) in [6, 6.07) is 5.10. The van der Waals surface area contributed by atoms with Crippen LogP contribution < -0.4 is 5.73 Å². The second kappa shape index (κ2) is 5.61. The molecule has 1 heterocycles. The maximum atomic E-state index is 12.3. The van der Waals surface area contributed by atoms with Crippen molar-refractivity contribution < 1.29 is 14.3 Å². The maximum Gasteiger partial charge on any atom is 0.310 e. The minimum absolute atomic E-state index is 0.106. The van der Waals surface area contributed by atoms with Crippen LogP contribution in [0.2, 0.25) is 0 Å². The van der Waals surface area contributed by atoms with Gasteiger partial charge in [-0.1, -0.05) is 0 Å². The van der Waals surface area contributed by atoms with Crippen molar-refractivity contribution in [2.45, 2.75) is 6.42 Å². The molecule has 2 rings (SSSR count). The van der Waals surface area contributed by atoms with Gasteiger partial charge in [0.1, 0.15) is 0 Å². The van der Waals surface area contributed by atoms with Crippen LogP contribution in [0.25, 0.3) is 0 Å². The number of carbonyl (C=O) groups is 2. The van der Waals surface area contributed by atoms with Crippen LogP contribution in [0.1, 0.15) is 16.8 Å². The Kier molecular flexibility index (Phi) is 4.09. The Morgan fingerprint density at radius 1 is 1.47 bits per heavy atom. The molecule has 0 radical (unpaired) electrons. The van der Waals surface area contributed by atoms with Gasteiger partial charge >= 0.3 is 5.97 Å². The van der Waals surface area contributed by atoms with E-state index in [4.69, 9.17) is 10.5 Å². The first-order valence-electron chi connectivity index (χ1n) is 5.95. The van der Waals surface area contributed by atoms with Gasteiger partial charge in [0.15, 0.2) is 0 Å². The third-order valence-corrected chi connectivity index (χ3v) is 3.98. The van der Waals surface area contributed by atoms with Crippen LogP contribution in [0.4, 0.5) is 5.69 Å². The summed E-state index contributed by atoms with van der Waals surface area (Å²) in [5.74, 6) is -0.585. The van der Waals surface area contributed by atoms with Crippen LogP contribution in [0, 0.1) is 5.92 Å². The molecule has 0 bridgehead atoms. The van der Waals surface area contributed by atoms with Gasteiger partial charge in [0.05, 0.1) is 13.0 Å². The predicted octanol–water partition coefficient (Wildman–Crippen LogP) is 1.67. The number of methoxy groups -OCH3 is 1. The Bertz CT molecular complexity index is 519. The summed E-state index contributed by atoms with van der Waals surface area (Å²) in [4.78, 5) is 25.4. The van der Waals surface area contributed by atoms with Crippen molar-refractivity contribution in [3.63, 3.8) is 0 Å². The highest BCUT2D eigenvalue weighted by Gasteiger charge is 2.32. The zero-order chi connectivity index (χ0) is 14.0. The lowest BCUT2D eigenvalue weighted by Gasteiger charge is -2.16. The van der Waals surface area contributed by atoms with Crippen molar-refractivity contribution in [3.05, 3.63) is 28.2 Å². The number of esters is 1. The molecule has 1 saturated heterocycles. The van der Waals surface area contributed by atoms with Gasteiger partial charge in [-0.3, -0.25) is 9.59 Å². The number of anilines is 1. The summed E-state index contributed by atoms with van der Waals surface area (Å²) in [5.41, 5.74) is 6.82. The highest BCUT2D eigenvalue weighted by molar-refractivity contribution is 9.10. The van der Waals surface area contributed by atoms with E-state index in [9.17, 15) is 9.59 Å². The van der Waals surface area contributed by atoms with Crippen molar-refractivity contribution >= 4 is 33.5 Å². The molecule has 0 saturated carbocycles. The van der Waals surface area contributed by atoms with E-state index in [1.807, 2.05) is 0 Å². The third kappa shape index (κ3) is 2.89. The number of amides is 1. The summed E-state index contributed by atoms with van der Waals surface area (Å²) < 4.78 is 5.46. The fourth-order valence-electron chi connectivity index (χ4n) is 2.16. The Labute approximate surface area is 119 Å². The van der Waals surface area contributed by atoms with Crippen LogP contribution in [-0.2, 0) is 9.53 Å². The first-order valence-corrected chi connectivity index (χ1v) is 6.74. The lowest BCUT2D eigenvalue weighted by Crippen LogP contribution is -2.30. The van der Waals surface area contributed by atoms with Crippen molar-refractivity contribution in [1.29, 1.82) is 0 Å². The Morgan fingerprint density at radius 3 is 2.84 bits per heavy atom. The average molecular weight is 327 g/mol. The number of rotatable bonds is 2. The molecule has 1 fully saturated rings. The summed E-state index contributed by atoms with van der Waals surface area (Å²) in [6.07, 6.45) is 0.643. The zero-order valence-electron chi connectivity index (χ0n) is 10.6. The van der Waals surface area contributed by atoms with E-state index in [1.165, 1.54) is 7.11 Å². The number of hydrogen-bond donors (Lipinski definition) is 1. The fraction of sp³-hybridized carbons (Fsp3) is 0.385. The number of benzene rings is 1. The molecule has 19 heavy (non-hydrogen) atoms. The lowest BCUT2D eigenvalue weighted by atomic mass is 10.1. The summed E-state index contributed by atoms with van der Waals surface area (Å²) >= 11 is 3.29. The highest BCUT2D eigenvalue weighted by atomic mass is 79.9. The molecule has 1 unspecified atom stereocenters. The first kappa shape index (κ1) is 13.9. The maximum absolute atomic E-state index is 12.3. The number of carbonyl (C=O) groups excluding carboxylic acids is 2. The van der Waals surface area contributed by atoms with Crippen LogP contribution in [-0.4, -0.2) is 37.0 Å². The van der Waals surface area contributed by atoms with Crippen LogP contribution in [0.5, 0.6) is 0 Å². The average Bonchev–Trinajstić information content (AvgIpc) is 2.89. The number of likely N-dealkylation sites (tertiary alicyclic amines) is 1. The molecular formula is C13H15BrN2O3. The van der Waals surface area contributed by atoms with E-state index in [2.05, 4.69) is 15.9 Å². The minimum atomic E-state index is -0.259. The van der Waals surface area contributed by atoms with Crippen molar-refractivity contribution in [2.75, 3.05) is 25.9 Å². The zero-order valence-corrected chi connectivity index (χ0v) is 12.1. The van der Waals surface area contributed by atoms with Gasteiger partial charge in [-0.05, 0) is 40.5 Å². The predicted molar refractivity (Wildman–Crippen MR) is 74.6 cm³/mol. The van der Waals surface area contributed by atoms with Gasteiger partial charge in [-0.15, -0.1) is 0 Å². The second-order valence-corrected chi connectivity index (χ2v) is 5.35. The van der Waals surface area contributed by atoms with E-state index >= 15 is 0 Å². The molecule has 1 atom stereocenters. The molecule has 1 aliphatic heterocycles. The van der Waals surface area contributed by atoms with E-state index in [0.29, 0.717) is 30.8 Å². The van der Waals surface area contributed by atoms with Gasteiger partial charge in [0, 0.05) is 28.8 Å². The largest absolute Gasteiger partial charge is 0.469 e. The number of hydrogen-bond acceptors (Lipinski definition) is 4. The molecule has 1 aromatic rings. The normalized spacial score (nSPS) is 18.4. The molecule has 0 spiro atoms. The molecule has 0 aliphatic carbocycles. The quantitative estimate of drug-likeness (QED) is 0.662. The lowest BCUT2D eigenvalue weighted by molar-refractivity contribution is -0.144. The second-order valence-electron chi connectivity index (χ2n) is 4.50. The monoisotopic (exact) mass is 326 g/mol. The van der Waals surface area contributed by atoms with E-state index in [0.717, 1.165) is 4.47 Å². The number of nitrogen functional groups attached to an aromatic ring is 1. The molecule has 102 valence electrons. The number of ether oxygens (including phenoxy) is 1. The first-order chi connectivity index (χ1) is 9.02. The highest BCUT2D eigenvalue weighted by Crippen LogP contribution is 2.24. The van der Waals surface area contributed by atoms with E-state index < -0.39 is 0 Å². The van der Waals surface area contributed by atoms with Gasteiger partial charge in [0.2, 0.25) is 0 Å². The number of halogens is 1. The van der Waals surface area contributed by atoms with Crippen LogP contribution >= 0.6 is 15.9 Å². The fourth-order valence-corrected chi connectivity index (χ4v) is 2.41. The van der Waals surface area contributed by atoms with Crippen LogP contribution in [0.3, 0.4) is 0 Å². The molecule has 0 aromatic heterocycles. The van der Waals surface area contributed by atoms with Crippen molar-refractivity contribution in [2.24, 2.45) is 5.92 Å². The third-order valence-electron chi connectivity index (χ3n) is 3.25. The van der Waals surface area contributed by atoms with Crippen molar-refractivity contribution in [3.8, 4) is 0 Å². The summed E-state index contributed by atoms with van der Waals surface area (Å²) in [5, 5.41) is 0. The molecular weight excluding hydrogens is 312 g/mol. The molecule has 2 N–H and O–H groups in total. The number of nitrogens with two attached hydrogens (primary N) is 1. The Hall–Kier alpha value is -1.56. The topological polar surface area (TPSA) is 72.6 Å². The van der Waals surface area contributed by atoms with Gasteiger partial charge < -0.3 is 15.4 Å². The molecule has 5 nitrogen and oxygen atoms in total. The minimum Gasteiger partial charge on any atom is -0.469 e. The smallest absolute Gasteiger partial charge is 0.310 e. The van der Waals surface area contributed by atoms with E-state index in [-0.39, 0.29) is 17.8 Å². The summed E-state index contributed by atoms with van der Waals surface area (Å²) in [6.45, 7) is 0.968. The van der Waals surface area contributed by atoms with E-state index in [1.54, 1.807) is 23.1 Å². The Balaban J connectivity index is 2.09. The SMILES string of the molecule is COC(=O)C1CCN(C(=O)c2ccc(Br)c(N)c2)C1. The van der Waals surface area contributed by atoms with Gasteiger partial charge in [-0.2, -0.15) is 0 Å². The molecule has 6 heteroatoms. The molecule has 1 amide bonds. The Morgan fingerprint density at radius 2 is 2.21 bits per heavy atom. The van der Waals surface area contributed by atoms with Gasteiger partial charge in [0.25, 0.3) is 5.91 Å². The van der Waals surface area contributed by atoms with Gasteiger partial charge in [-0.25, -0.2) is 0 Å². The number of nitrogens with zero attached hydrogens (tertiary/aromatic N) is 1. The molecule has 1 aromatic carbocycles.